The molecule has 1 nitrogen and oxygen atoms in total. The van der Waals surface area contributed by atoms with Crippen LogP contribution in [0.4, 0.5) is 0 Å². The molecule has 0 bridgehead atoms. The Balaban J connectivity index is 2.13. The predicted octanol–water partition coefficient (Wildman–Crippen LogP) is 7.05. The average Bonchev–Trinajstić information content (AvgIpc) is 2.44. The molecule has 1 fully saturated rings. The maximum absolute atomic E-state index is 6.58. The Bertz CT molecular complexity index is 653. The molecule has 0 radical (unpaired) electrons. The van der Waals surface area contributed by atoms with Crippen LogP contribution >= 0.6 is 0 Å². The van der Waals surface area contributed by atoms with Gasteiger partial charge in [-0.25, -0.2) is 0 Å². The van der Waals surface area contributed by atoms with Crippen LogP contribution in [0.5, 0.6) is 5.75 Å². The van der Waals surface area contributed by atoms with E-state index < -0.39 is 8.32 Å². The third-order valence-electron chi connectivity index (χ3n) is 6.82. The van der Waals surface area contributed by atoms with Crippen molar-refractivity contribution in [3.63, 3.8) is 0 Å². The third-order valence-corrected chi connectivity index (χ3v) is 7.65. The van der Waals surface area contributed by atoms with Crippen molar-refractivity contribution in [1.29, 1.82) is 0 Å². The molecular formula is C23H38OSi. The number of fused-ring (bicyclic) bond motifs is 3. The molecule has 3 rings (SSSR count). The number of hydrogen-bond acceptors (Lipinski definition) is 1. The van der Waals surface area contributed by atoms with Gasteiger partial charge < -0.3 is 4.43 Å². The molecular weight excluding hydrogens is 320 g/mol. The lowest BCUT2D eigenvalue weighted by atomic mass is 9.50. The Morgan fingerprint density at radius 3 is 2.36 bits per heavy atom. The van der Waals surface area contributed by atoms with Crippen LogP contribution in [0.25, 0.3) is 0 Å². The van der Waals surface area contributed by atoms with Gasteiger partial charge in [0.05, 0.1) is 0 Å². The zero-order valence-corrected chi connectivity index (χ0v) is 18.8. The van der Waals surface area contributed by atoms with Crippen LogP contribution in [0.3, 0.4) is 0 Å². The van der Waals surface area contributed by atoms with Crippen LogP contribution in [0.15, 0.2) is 12.1 Å². The number of aryl methyl sites for hydroxylation is 1. The Labute approximate surface area is 156 Å². The molecule has 2 atom stereocenters. The van der Waals surface area contributed by atoms with Gasteiger partial charge in [0.15, 0.2) is 0 Å². The monoisotopic (exact) mass is 358 g/mol. The molecule has 0 amide bonds. The molecule has 0 aromatic heterocycles. The highest BCUT2D eigenvalue weighted by molar-refractivity contribution is 6.70. The molecule has 0 N–H and O–H groups in total. The summed E-state index contributed by atoms with van der Waals surface area (Å²) in [6.07, 6.45) is 6.66. The molecule has 140 valence electrons. The van der Waals surface area contributed by atoms with E-state index in [0.717, 1.165) is 5.92 Å². The first-order valence-electron chi connectivity index (χ1n) is 10.3. The van der Waals surface area contributed by atoms with Gasteiger partial charge in [-0.15, -0.1) is 0 Å². The van der Waals surface area contributed by atoms with Crippen molar-refractivity contribution in [3.8, 4) is 5.75 Å². The second-order valence-corrected chi connectivity index (χ2v) is 15.2. The Morgan fingerprint density at radius 1 is 1.08 bits per heavy atom. The van der Waals surface area contributed by atoms with Crippen LogP contribution in [0.1, 0.15) is 82.9 Å². The minimum absolute atomic E-state index is 0.322. The van der Waals surface area contributed by atoms with Gasteiger partial charge in [-0.2, -0.15) is 0 Å². The second-order valence-electron chi connectivity index (χ2n) is 10.8. The Kier molecular flexibility index (Phi) is 4.67. The molecule has 2 aliphatic carbocycles. The molecule has 25 heavy (non-hydrogen) atoms. The summed E-state index contributed by atoms with van der Waals surface area (Å²) in [7, 11) is -1.62. The van der Waals surface area contributed by atoms with Gasteiger partial charge >= 0.3 is 0 Å². The van der Waals surface area contributed by atoms with Gasteiger partial charge in [-0.05, 0) is 90.7 Å². The molecule has 0 spiro atoms. The van der Waals surface area contributed by atoms with E-state index in [1.807, 2.05) is 0 Å². The Morgan fingerprint density at radius 2 is 1.76 bits per heavy atom. The van der Waals surface area contributed by atoms with Crippen molar-refractivity contribution in [2.75, 3.05) is 0 Å². The predicted molar refractivity (Wildman–Crippen MR) is 111 cm³/mol. The van der Waals surface area contributed by atoms with Crippen molar-refractivity contribution in [1.82, 2.24) is 0 Å². The van der Waals surface area contributed by atoms with E-state index in [4.69, 9.17) is 4.43 Å². The van der Waals surface area contributed by atoms with E-state index in [0.29, 0.717) is 16.7 Å². The van der Waals surface area contributed by atoms with E-state index in [9.17, 15) is 0 Å². The van der Waals surface area contributed by atoms with Crippen molar-refractivity contribution in [2.24, 2.45) is 11.3 Å². The van der Waals surface area contributed by atoms with Gasteiger partial charge in [0.25, 0.3) is 0 Å². The lowest BCUT2D eigenvalue weighted by Gasteiger charge is -2.54. The highest BCUT2D eigenvalue weighted by Gasteiger charge is 2.49. The van der Waals surface area contributed by atoms with Crippen LogP contribution in [0, 0.1) is 11.3 Å². The second kappa shape index (κ2) is 6.15. The highest BCUT2D eigenvalue weighted by Crippen LogP contribution is 2.57. The summed E-state index contributed by atoms with van der Waals surface area (Å²) in [6.45, 7) is 19.0. The number of benzene rings is 1. The zero-order chi connectivity index (χ0) is 18.6. The summed E-state index contributed by atoms with van der Waals surface area (Å²) in [5.41, 5.74) is 5.40. The number of hydrogen-bond donors (Lipinski definition) is 0. The van der Waals surface area contributed by atoms with Crippen LogP contribution in [0.2, 0.25) is 19.6 Å². The summed E-state index contributed by atoms with van der Waals surface area (Å²) in [6, 6.07) is 4.97. The Hall–Kier alpha value is -0.763. The summed E-state index contributed by atoms with van der Waals surface area (Å²) in [5, 5.41) is 0. The van der Waals surface area contributed by atoms with Gasteiger partial charge in [-0.3, -0.25) is 0 Å². The van der Waals surface area contributed by atoms with Crippen molar-refractivity contribution >= 4 is 8.32 Å². The molecule has 1 aromatic carbocycles. The van der Waals surface area contributed by atoms with E-state index in [2.05, 4.69) is 66.4 Å². The van der Waals surface area contributed by atoms with Crippen LogP contribution in [-0.4, -0.2) is 8.32 Å². The van der Waals surface area contributed by atoms with Gasteiger partial charge in [0.1, 0.15) is 5.75 Å². The fourth-order valence-corrected chi connectivity index (χ4v) is 6.54. The van der Waals surface area contributed by atoms with Gasteiger partial charge in [0.2, 0.25) is 8.32 Å². The quantitative estimate of drug-likeness (QED) is 0.526. The molecule has 2 unspecified atom stereocenters. The standard InChI is InChI=1S/C23H38OSi/c1-16(2)18-14-17-10-11-21-22(3,4)12-9-13-23(21,5)19(17)15-20(18)24-25(6,7)8/h14-16,21H,9-13H2,1-8H3. The molecule has 2 aliphatic rings. The minimum Gasteiger partial charge on any atom is -0.544 e. The fourth-order valence-electron chi connectivity index (χ4n) is 5.71. The fraction of sp³-hybridized carbons (Fsp3) is 0.739. The largest absolute Gasteiger partial charge is 0.544 e. The van der Waals surface area contributed by atoms with Crippen molar-refractivity contribution < 1.29 is 4.43 Å². The van der Waals surface area contributed by atoms with E-state index >= 15 is 0 Å². The molecule has 1 saturated carbocycles. The molecule has 0 aliphatic heterocycles. The number of rotatable bonds is 3. The average molecular weight is 359 g/mol. The topological polar surface area (TPSA) is 9.23 Å². The zero-order valence-electron chi connectivity index (χ0n) is 17.8. The summed E-state index contributed by atoms with van der Waals surface area (Å²) >= 11 is 0. The smallest absolute Gasteiger partial charge is 0.242 e. The van der Waals surface area contributed by atoms with Crippen molar-refractivity contribution in [3.05, 3.63) is 28.8 Å². The van der Waals surface area contributed by atoms with E-state index in [1.54, 1.807) is 11.1 Å². The lowest BCUT2D eigenvalue weighted by molar-refractivity contribution is 0.0406. The summed E-state index contributed by atoms with van der Waals surface area (Å²) in [4.78, 5) is 0. The third kappa shape index (κ3) is 3.43. The van der Waals surface area contributed by atoms with Crippen LogP contribution < -0.4 is 4.43 Å². The normalized spacial score (nSPS) is 28.4. The summed E-state index contributed by atoms with van der Waals surface area (Å²) < 4.78 is 6.58. The lowest BCUT2D eigenvalue weighted by Crippen LogP contribution is -2.48. The SMILES string of the molecule is CC(C)c1cc2c(cc1O[Si](C)(C)C)C1(C)CCCC(C)(C)C1CC2. The first-order valence-corrected chi connectivity index (χ1v) is 13.7. The molecule has 1 aromatic rings. The highest BCUT2D eigenvalue weighted by atomic mass is 28.4. The van der Waals surface area contributed by atoms with Gasteiger partial charge in [0, 0.05) is 0 Å². The van der Waals surface area contributed by atoms with Crippen molar-refractivity contribution in [2.45, 2.75) is 97.7 Å². The maximum Gasteiger partial charge on any atom is 0.242 e. The van der Waals surface area contributed by atoms with Gasteiger partial charge in [-0.1, -0.05) is 47.1 Å². The molecule has 2 heteroatoms. The molecule has 0 saturated heterocycles. The molecule has 0 heterocycles. The van der Waals surface area contributed by atoms with Crippen LogP contribution in [-0.2, 0) is 11.8 Å². The first-order chi connectivity index (χ1) is 11.4. The summed E-state index contributed by atoms with van der Waals surface area (Å²) in [5.74, 6) is 2.49. The minimum atomic E-state index is -1.62. The first kappa shape index (κ1) is 19.0. The van der Waals surface area contributed by atoms with E-state index in [-0.39, 0.29) is 0 Å². The van der Waals surface area contributed by atoms with E-state index in [1.165, 1.54) is 43.4 Å². The maximum atomic E-state index is 6.58.